The van der Waals surface area contributed by atoms with Crippen LogP contribution in [0.3, 0.4) is 0 Å². The number of hydrogen-bond acceptors (Lipinski definition) is 5. The number of benzene rings is 1. The molecule has 174 valence electrons. The number of aromatic amines is 2. The number of Topliss-reactive ketones (excluding diaryl/α,β-unsaturated/α-hetero) is 1. The number of hydrogen-bond donors (Lipinski definition) is 1. The summed E-state index contributed by atoms with van der Waals surface area (Å²) in [6.07, 6.45) is 3.48. The van der Waals surface area contributed by atoms with E-state index in [4.69, 9.17) is 4.74 Å². The molecule has 1 saturated heterocycles. The fraction of sp³-hybridized carbons (Fsp3) is 0.200. The molecule has 0 spiro atoms. The minimum atomic E-state index is -0.879. The van der Waals surface area contributed by atoms with E-state index in [1.54, 1.807) is 56.6 Å². The minimum Gasteiger partial charge on any atom is -0.872 e. The van der Waals surface area contributed by atoms with E-state index in [0.717, 1.165) is 10.0 Å². The number of pyridine rings is 1. The number of H-pyrrole nitrogens is 2. The van der Waals surface area contributed by atoms with E-state index in [1.165, 1.54) is 12.0 Å². The van der Waals surface area contributed by atoms with Gasteiger partial charge in [-0.05, 0) is 48.7 Å². The molecule has 3 heterocycles. The lowest BCUT2D eigenvalue weighted by atomic mass is 9.94. The largest absolute Gasteiger partial charge is 0.872 e. The van der Waals surface area contributed by atoms with Gasteiger partial charge in [-0.15, -0.1) is 0 Å². The molecular weight excluding hydrogens is 502 g/mol. The number of aromatic nitrogens is 2. The molecule has 2 aromatic heterocycles. The predicted molar refractivity (Wildman–Crippen MR) is 124 cm³/mol. The summed E-state index contributed by atoms with van der Waals surface area (Å²) in [4.78, 5) is 45.7. The van der Waals surface area contributed by atoms with Gasteiger partial charge in [-0.2, -0.15) is 0 Å². The quantitative estimate of drug-likeness (QED) is 0.238. The third-order valence-electron chi connectivity index (χ3n) is 5.89. The lowest BCUT2D eigenvalue weighted by molar-refractivity contribution is -0.378. The number of methoxy groups -OCH3 is 1. The fourth-order valence-electron chi connectivity index (χ4n) is 4.28. The number of aryl methyl sites for hydroxylation is 1. The highest BCUT2D eigenvalue weighted by molar-refractivity contribution is 9.10. The minimum absolute atomic E-state index is 0.137. The van der Waals surface area contributed by atoms with E-state index in [-0.39, 0.29) is 23.4 Å². The number of ether oxygens (including phenoxy) is 1. The number of carbonyl (C=O) groups excluding carboxylic acids is 3. The Labute approximate surface area is 204 Å². The topological polar surface area (TPSA) is 117 Å². The maximum atomic E-state index is 13.8. The van der Waals surface area contributed by atoms with Crippen LogP contribution in [0.2, 0.25) is 0 Å². The Morgan fingerprint density at radius 2 is 1.91 bits per heavy atom. The van der Waals surface area contributed by atoms with Crippen molar-refractivity contribution in [2.75, 3.05) is 7.11 Å². The fourth-order valence-corrected chi connectivity index (χ4v) is 4.55. The van der Waals surface area contributed by atoms with Crippen LogP contribution in [-0.4, -0.2) is 34.7 Å². The highest BCUT2D eigenvalue weighted by atomic mass is 79.9. The summed E-state index contributed by atoms with van der Waals surface area (Å²) < 4.78 is 5.61. The van der Waals surface area contributed by atoms with Gasteiger partial charge in [-0.3, -0.25) is 9.59 Å². The van der Waals surface area contributed by atoms with Crippen LogP contribution in [0.5, 0.6) is 0 Å². The van der Waals surface area contributed by atoms with Gasteiger partial charge >= 0.3 is 5.97 Å². The van der Waals surface area contributed by atoms with Crippen LogP contribution in [0.4, 0.5) is 0 Å². The number of nitrogens with zero attached hydrogens (tertiary/aromatic N) is 1. The van der Waals surface area contributed by atoms with Crippen molar-refractivity contribution in [1.29, 1.82) is 0 Å². The molecule has 2 N–H and O–H groups in total. The van der Waals surface area contributed by atoms with Gasteiger partial charge in [0.2, 0.25) is 5.78 Å². The zero-order valence-electron chi connectivity index (χ0n) is 18.8. The summed E-state index contributed by atoms with van der Waals surface area (Å²) in [5.74, 6) is -2.81. The van der Waals surface area contributed by atoms with Gasteiger partial charge in [-0.1, -0.05) is 33.8 Å². The number of nitrogens with one attached hydrogen (secondary N) is 2. The first-order chi connectivity index (χ1) is 16.2. The molecule has 4 rings (SSSR count). The van der Waals surface area contributed by atoms with Crippen molar-refractivity contribution in [3.8, 4) is 0 Å². The van der Waals surface area contributed by atoms with Gasteiger partial charge in [0, 0.05) is 27.4 Å². The average Bonchev–Trinajstić information content (AvgIpc) is 3.27. The van der Waals surface area contributed by atoms with Crippen LogP contribution in [0, 0.1) is 13.8 Å². The molecule has 1 atom stereocenters. The summed E-state index contributed by atoms with van der Waals surface area (Å²) in [5.41, 5.74) is 2.38. The summed E-state index contributed by atoms with van der Waals surface area (Å²) in [6.45, 7) is 3.38. The van der Waals surface area contributed by atoms with Gasteiger partial charge in [0.1, 0.15) is 5.69 Å². The molecule has 1 aromatic carbocycles. The first-order valence-corrected chi connectivity index (χ1v) is 11.3. The van der Waals surface area contributed by atoms with Crippen molar-refractivity contribution in [2.24, 2.45) is 0 Å². The highest BCUT2D eigenvalue weighted by Gasteiger charge is 2.44. The molecule has 8 nitrogen and oxygen atoms in total. The summed E-state index contributed by atoms with van der Waals surface area (Å²) in [5, 5.41) is 13.8. The van der Waals surface area contributed by atoms with Gasteiger partial charge in [0.05, 0.1) is 19.7 Å². The smallest absolute Gasteiger partial charge is 0.354 e. The van der Waals surface area contributed by atoms with Crippen LogP contribution in [0.15, 0.2) is 58.8 Å². The summed E-state index contributed by atoms with van der Waals surface area (Å²) >= 11 is 3.40. The Kier molecular flexibility index (Phi) is 6.39. The van der Waals surface area contributed by atoms with Crippen LogP contribution in [-0.2, 0) is 20.9 Å². The van der Waals surface area contributed by atoms with Gasteiger partial charge in [-0.25, -0.2) is 9.78 Å². The van der Waals surface area contributed by atoms with E-state index in [0.29, 0.717) is 16.8 Å². The molecule has 3 aromatic rings. The van der Waals surface area contributed by atoms with Gasteiger partial charge in [0.15, 0.2) is 12.4 Å². The predicted octanol–water partition coefficient (Wildman–Crippen LogP) is 2.42. The number of esters is 1. The molecule has 1 aliphatic heterocycles. The second-order valence-electron chi connectivity index (χ2n) is 7.99. The van der Waals surface area contributed by atoms with E-state index < -0.39 is 29.5 Å². The zero-order chi connectivity index (χ0) is 24.6. The number of halogens is 1. The molecular formula is C25H22BrN3O5. The van der Waals surface area contributed by atoms with Crippen LogP contribution in [0.1, 0.15) is 44.5 Å². The number of ketones is 1. The van der Waals surface area contributed by atoms with Crippen molar-refractivity contribution in [3.63, 3.8) is 0 Å². The summed E-state index contributed by atoms with van der Waals surface area (Å²) in [6, 6.07) is 9.88. The lowest BCUT2D eigenvalue weighted by Crippen LogP contribution is -2.29. The van der Waals surface area contributed by atoms with Crippen molar-refractivity contribution in [3.05, 3.63) is 92.5 Å². The SMILES string of the molecule is COC(=O)c1[nH]c(C)c(/C([O-])=C2\C(=O)C(=O)N(Cc3ccc[nH+]c3)C2c2ccc(Br)cc2)c1C. The molecule has 1 amide bonds. The Morgan fingerprint density at radius 3 is 2.53 bits per heavy atom. The van der Waals surface area contributed by atoms with Crippen molar-refractivity contribution < 1.29 is 29.2 Å². The molecule has 0 aliphatic carbocycles. The molecule has 34 heavy (non-hydrogen) atoms. The number of amides is 1. The first-order valence-electron chi connectivity index (χ1n) is 10.5. The van der Waals surface area contributed by atoms with Crippen LogP contribution in [0.25, 0.3) is 5.76 Å². The second kappa shape index (κ2) is 9.26. The Hall–Kier alpha value is -3.72. The number of likely N-dealkylation sites (tertiary alicyclic amines) is 1. The van der Waals surface area contributed by atoms with E-state index in [2.05, 4.69) is 25.9 Å². The Bertz CT molecular complexity index is 1310. The molecule has 1 aliphatic rings. The number of rotatable bonds is 5. The van der Waals surface area contributed by atoms with Crippen molar-refractivity contribution in [2.45, 2.75) is 26.4 Å². The molecule has 1 unspecified atom stereocenters. The third-order valence-corrected chi connectivity index (χ3v) is 6.42. The highest BCUT2D eigenvalue weighted by Crippen LogP contribution is 2.41. The van der Waals surface area contributed by atoms with Gasteiger partial charge < -0.3 is 19.7 Å². The Morgan fingerprint density at radius 1 is 1.21 bits per heavy atom. The molecule has 0 radical (unpaired) electrons. The molecule has 1 fully saturated rings. The monoisotopic (exact) mass is 523 g/mol. The van der Waals surface area contributed by atoms with E-state index >= 15 is 0 Å². The molecule has 0 bridgehead atoms. The zero-order valence-corrected chi connectivity index (χ0v) is 20.4. The van der Waals surface area contributed by atoms with Crippen molar-refractivity contribution >= 4 is 39.3 Å². The number of carbonyl (C=O) groups is 3. The van der Waals surface area contributed by atoms with Crippen molar-refractivity contribution in [1.82, 2.24) is 9.88 Å². The van der Waals surface area contributed by atoms with E-state index in [9.17, 15) is 19.5 Å². The maximum absolute atomic E-state index is 13.8. The average molecular weight is 524 g/mol. The van der Waals surface area contributed by atoms with Gasteiger partial charge in [0.25, 0.3) is 5.91 Å². The molecule has 9 heteroatoms. The second-order valence-corrected chi connectivity index (χ2v) is 8.90. The van der Waals surface area contributed by atoms with E-state index in [1.807, 2.05) is 6.07 Å². The van der Waals surface area contributed by atoms with Crippen LogP contribution >= 0.6 is 15.9 Å². The third kappa shape index (κ3) is 4.03. The summed E-state index contributed by atoms with van der Waals surface area (Å²) in [7, 11) is 1.25. The molecule has 0 saturated carbocycles. The first kappa shape index (κ1) is 23.4. The van der Waals surface area contributed by atoms with Crippen LogP contribution < -0.4 is 10.1 Å². The normalized spacial score (nSPS) is 17.3. The Balaban J connectivity index is 1.91. The maximum Gasteiger partial charge on any atom is 0.354 e. The standard InChI is InChI=1S/C25H22BrN3O5/c1-13-18(14(2)28-20(13)25(33)34-3)22(30)19-21(16-6-8-17(26)9-7-16)29(24(32)23(19)31)12-15-5-4-10-27-11-15/h4-11,21,28,30H,12H2,1-3H3/b22-19+. The lowest BCUT2D eigenvalue weighted by Gasteiger charge is -2.27.